The average molecular weight is 445 g/mol. The molecule has 2 aromatic rings. The molecular formula is C18H24INO2S. The van der Waals surface area contributed by atoms with Gasteiger partial charge in [0.15, 0.2) is 0 Å². The van der Waals surface area contributed by atoms with Gasteiger partial charge in [-0.05, 0) is 17.0 Å². The molecule has 2 heterocycles. The first-order valence-electron chi connectivity index (χ1n) is 7.86. The molecule has 1 atom stereocenters. The van der Waals surface area contributed by atoms with E-state index < -0.39 is 5.60 Å². The number of rotatable bonds is 5. The van der Waals surface area contributed by atoms with Crippen LogP contribution in [0.25, 0.3) is 0 Å². The molecule has 1 aliphatic heterocycles. The number of benzene rings is 1. The highest BCUT2D eigenvalue weighted by atomic mass is 127. The molecule has 3 nitrogen and oxygen atoms in total. The fourth-order valence-electron chi connectivity index (χ4n) is 3.08. The summed E-state index contributed by atoms with van der Waals surface area (Å²) in [5.74, 6) is 0. The molecule has 3 rings (SSSR count). The number of aliphatic hydroxyl groups is 1. The van der Waals surface area contributed by atoms with Gasteiger partial charge in [0.1, 0.15) is 18.7 Å². The highest BCUT2D eigenvalue weighted by molar-refractivity contribution is 7.10. The maximum Gasteiger partial charge on any atom is 0.129 e. The van der Waals surface area contributed by atoms with E-state index in [1.807, 2.05) is 47.8 Å². The van der Waals surface area contributed by atoms with Crippen LogP contribution in [0.1, 0.15) is 16.9 Å². The molecule has 0 radical (unpaired) electrons. The summed E-state index contributed by atoms with van der Waals surface area (Å²) in [6, 6.07) is 14.1. The molecule has 1 aliphatic rings. The van der Waals surface area contributed by atoms with Gasteiger partial charge in [0.2, 0.25) is 0 Å². The lowest BCUT2D eigenvalue weighted by molar-refractivity contribution is -0.917. The topological polar surface area (TPSA) is 29.5 Å². The van der Waals surface area contributed by atoms with Crippen LogP contribution in [0.2, 0.25) is 0 Å². The number of hydrogen-bond donors (Lipinski definition) is 1. The van der Waals surface area contributed by atoms with Crippen LogP contribution >= 0.6 is 11.3 Å². The standard InChI is InChI=1S/C18H24NO2S.HI/c1-19(11-13-21-14-12-19)10-9-18(20,17-8-5-15-22-17)16-6-3-2-4-7-16;/h2-8,15,20H,9-14H2,1H3;1H/q+1;/p-1. The zero-order valence-corrected chi connectivity index (χ0v) is 16.4. The van der Waals surface area contributed by atoms with Gasteiger partial charge in [-0.15, -0.1) is 11.3 Å². The van der Waals surface area contributed by atoms with Gasteiger partial charge >= 0.3 is 0 Å². The van der Waals surface area contributed by atoms with Gasteiger partial charge in [-0.1, -0.05) is 36.4 Å². The lowest BCUT2D eigenvalue weighted by Crippen LogP contribution is -3.00. The Morgan fingerprint density at radius 2 is 1.83 bits per heavy atom. The van der Waals surface area contributed by atoms with E-state index >= 15 is 0 Å². The summed E-state index contributed by atoms with van der Waals surface area (Å²) in [6.07, 6.45) is 0.730. The van der Waals surface area contributed by atoms with Gasteiger partial charge in [-0.2, -0.15) is 0 Å². The van der Waals surface area contributed by atoms with Crippen LogP contribution in [0.4, 0.5) is 0 Å². The molecular weight excluding hydrogens is 421 g/mol. The lowest BCUT2D eigenvalue weighted by atomic mass is 9.88. The second-order valence-electron chi connectivity index (χ2n) is 6.36. The number of hydrogen-bond acceptors (Lipinski definition) is 3. The van der Waals surface area contributed by atoms with E-state index in [-0.39, 0.29) is 24.0 Å². The minimum Gasteiger partial charge on any atom is -1.00 e. The van der Waals surface area contributed by atoms with Crippen molar-refractivity contribution >= 4 is 11.3 Å². The smallest absolute Gasteiger partial charge is 0.129 e. The molecule has 0 aliphatic carbocycles. The van der Waals surface area contributed by atoms with Crippen molar-refractivity contribution in [2.24, 2.45) is 0 Å². The molecule has 1 saturated heterocycles. The fourth-order valence-corrected chi connectivity index (χ4v) is 3.95. The van der Waals surface area contributed by atoms with Crippen molar-refractivity contribution in [2.45, 2.75) is 12.0 Å². The summed E-state index contributed by atoms with van der Waals surface area (Å²) < 4.78 is 6.45. The molecule has 0 spiro atoms. The second kappa shape index (κ2) is 8.07. The van der Waals surface area contributed by atoms with E-state index in [9.17, 15) is 5.11 Å². The Morgan fingerprint density at radius 1 is 1.13 bits per heavy atom. The maximum absolute atomic E-state index is 11.5. The zero-order valence-electron chi connectivity index (χ0n) is 13.5. The molecule has 1 N–H and O–H groups in total. The number of halogens is 1. The summed E-state index contributed by atoms with van der Waals surface area (Å²) >= 11 is 1.63. The number of morpholine rings is 1. The minimum absolute atomic E-state index is 0. The van der Waals surface area contributed by atoms with Crippen LogP contribution in [-0.4, -0.2) is 49.5 Å². The zero-order chi connectivity index (χ0) is 15.5. The van der Waals surface area contributed by atoms with Crippen LogP contribution in [0.3, 0.4) is 0 Å². The maximum atomic E-state index is 11.5. The Bertz CT molecular complexity index is 584. The van der Waals surface area contributed by atoms with Crippen molar-refractivity contribution in [1.29, 1.82) is 0 Å². The Morgan fingerprint density at radius 3 is 2.43 bits per heavy atom. The highest BCUT2D eigenvalue weighted by Gasteiger charge is 2.36. The van der Waals surface area contributed by atoms with Gasteiger partial charge in [-0.3, -0.25) is 0 Å². The molecule has 1 aromatic heterocycles. The third-order valence-electron chi connectivity index (χ3n) is 4.74. The molecule has 0 bridgehead atoms. The van der Waals surface area contributed by atoms with E-state index in [0.717, 1.165) is 54.2 Å². The average Bonchev–Trinajstić information content (AvgIpc) is 3.09. The van der Waals surface area contributed by atoms with Gasteiger partial charge in [0, 0.05) is 11.3 Å². The van der Waals surface area contributed by atoms with E-state index in [4.69, 9.17) is 4.74 Å². The van der Waals surface area contributed by atoms with Crippen molar-refractivity contribution in [2.75, 3.05) is 39.9 Å². The van der Waals surface area contributed by atoms with Gasteiger partial charge in [-0.25, -0.2) is 0 Å². The quantitative estimate of drug-likeness (QED) is 0.513. The first-order chi connectivity index (χ1) is 10.6. The first kappa shape index (κ1) is 18.9. The summed E-state index contributed by atoms with van der Waals surface area (Å²) in [4.78, 5) is 1.03. The molecule has 5 heteroatoms. The van der Waals surface area contributed by atoms with Crippen LogP contribution in [0.15, 0.2) is 47.8 Å². The molecule has 1 fully saturated rings. The normalized spacial score (nSPS) is 19.6. The third-order valence-corrected chi connectivity index (χ3v) is 5.77. The van der Waals surface area contributed by atoms with E-state index in [1.165, 1.54) is 0 Å². The van der Waals surface area contributed by atoms with Gasteiger partial charge < -0.3 is 38.3 Å². The largest absolute Gasteiger partial charge is 1.00 e. The molecule has 1 unspecified atom stereocenters. The number of thiophene rings is 1. The Balaban J connectivity index is 0.00000192. The number of ether oxygens (including phenoxy) is 1. The van der Waals surface area contributed by atoms with Gasteiger partial charge in [0.05, 0.1) is 26.8 Å². The van der Waals surface area contributed by atoms with Crippen LogP contribution in [0, 0.1) is 0 Å². The number of likely N-dealkylation sites (N-methyl/N-ethyl adjacent to an activating group) is 1. The summed E-state index contributed by atoms with van der Waals surface area (Å²) in [6.45, 7) is 4.63. The number of nitrogens with zero attached hydrogens (tertiary/aromatic N) is 1. The van der Waals surface area contributed by atoms with Crippen LogP contribution < -0.4 is 24.0 Å². The van der Waals surface area contributed by atoms with Gasteiger partial charge in [0.25, 0.3) is 0 Å². The highest BCUT2D eigenvalue weighted by Crippen LogP contribution is 2.36. The molecule has 1 aromatic carbocycles. The van der Waals surface area contributed by atoms with E-state index in [0.29, 0.717) is 0 Å². The van der Waals surface area contributed by atoms with E-state index in [1.54, 1.807) is 11.3 Å². The van der Waals surface area contributed by atoms with Crippen molar-refractivity contribution < 1.29 is 38.3 Å². The summed E-state index contributed by atoms with van der Waals surface area (Å²) in [5.41, 5.74) is 0.0898. The van der Waals surface area contributed by atoms with Crippen LogP contribution in [-0.2, 0) is 10.3 Å². The molecule has 23 heavy (non-hydrogen) atoms. The van der Waals surface area contributed by atoms with Crippen molar-refractivity contribution in [1.82, 2.24) is 0 Å². The second-order valence-corrected chi connectivity index (χ2v) is 7.30. The Labute approximate surface area is 159 Å². The SMILES string of the molecule is C[N+]1(CCC(O)(c2ccccc2)c2cccs2)CCOCC1.[I-]. The lowest BCUT2D eigenvalue weighted by Gasteiger charge is -2.40. The predicted octanol–water partition coefficient (Wildman–Crippen LogP) is -0.145. The first-order valence-corrected chi connectivity index (χ1v) is 8.74. The summed E-state index contributed by atoms with van der Waals surface area (Å²) in [7, 11) is 2.27. The van der Waals surface area contributed by atoms with Crippen molar-refractivity contribution in [3.8, 4) is 0 Å². The molecule has 0 amide bonds. The van der Waals surface area contributed by atoms with E-state index in [2.05, 4.69) is 7.05 Å². The summed E-state index contributed by atoms with van der Waals surface area (Å²) in [5, 5.41) is 13.5. The number of quaternary nitrogens is 1. The Hall–Kier alpha value is -0.470. The monoisotopic (exact) mass is 445 g/mol. The van der Waals surface area contributed by atoms with Crippen molar-refractivity contribution in [3.05, 3.63) is 58.3 Å². The third kappa shape index (κ3) is 4.33. The molecule has 0 saturated carbocycles. The predicted molar refractivity (Wildman–Crippen MR) is 90.0 cm³/mol. The van der Waals surface area contributed by atoms with Crippen molar-refractivity contribution in [3.63, 3.8) is 0 Å². The fraction of sp³-hybridized carbons (Fsp3) is 0.444. The minimum atomic E-state index is -0.894. The Kier molecular flexibility index (Phi) is 6.62. The molecule has 126 valence electrons. The van der Waals surface area contributed by atoms with Crippen LogP contribution in [0.5, 0.6) is 0 Å².